The fourth-order valence-corrected chi connectivity index (χ4v) is 1.72. The maximum absolute atomic E-state index is 12.5. The summed E-state index contributed by atoms with van der Waals surface area (Å²) in [5.41, 5.74) is -2.00. The molecule has 0 aliphatic heterocycles. The number of alkyl halides is 2. The summed E-state index contributed by atoms with van der Waals surface area (Å²) in [6, 6.07) is 0.767. The molecule has 0 saturated heterocycles. The number of rotatable bonds is 3. The van der Waals surface area contributed by atoms with Crippen LogP contribution in [-0.2, 0) is 0 Å². The van der Waals surface area contributed by atoms with Gasteiger partial charge in [-0.3, -0.25) is 14.9 Å². The van der Waals surface area contributed by atoms with Gasteiger partial charge in [0.25, 0.3) is 17.4 Å². The fourth-order valence-electron chi connectivity index (χ4n) is 0.913. The standard InChI is InChI=1S/C7H2ClF2IN2O3/c8-6(14)2-1-3(13(15)16)4(11)5(12-2)7(9)10/h1,7H. The molecule has 0 amide bonds. The van der Waals surface area contributed by atoms with Crippen LogP contribution in [0.4, 0.5) is 14.5 Å². The monoisotopic (exact) mass is 362 g/mol. The maximum atomic E-state index is 12.5. The summed E-state index contributed by atoms with van der Waals surface area (Å²) in [6.45, 7) is 0. The topological polar surface area (TPSA) is 73.1 Å². The molecule has 0 N–H and O–H groups in total. The molecule has 0 fully saturated rings. The molecule has 0 aromatic carbocycles. The van der Waals surface area contributed by atoms with Crippen LogP contribution in [0.3, 0.4) is 0 Å². The van der Waals surface area contributed by atoms with Crippen LogP contribution in [0.15, 0.2) is 6.07 Å². The van der Waals surface area contributed by atoms with Crippen LogP contribution in [0.5, 0.6) is 0 Å². The third-order valence-electron chi connectivity index (χ3n) is 1.57. The SMILES string of the molecule is O=C(Cl)c1cc([N+](=O)[O-])c(I)c(C(F)F)n1. The smallest absolute Gasteiger partial charge is 0.274 e. The van der Waals surface area contributed by atoms with Gasteiger partial charge in [0.2, 0.25) is 0 Å². The number of pyridine rings is 1. The molecule has 0 bridgehead atoms. The average molecular weight is 362 g/mol. The zero-order valence-corrected chi connectivity index (χ0v) is 10.2. The van der Waals surface area contributed by atoms with E-state index in [9.17, 15) is 23.7 Å². The Morgan fingerprint density at radius 1 is 1.62 bits per heavy atom. The summed E-state index contributed by atoms with van der Waals surface area (Å²) >= 11 is 6.41. The number of carbonyl (C=O) groups is 1. The van der Waals surface area contributed by atoms with E-state index >= 15 is 0 Å². The Bertz CT molecular complexity index is 469. The van der Waals surface area contributed by atoms with Crippen LogP contribution in [0.25, 0.3) is 0 Å². The van der Waals surface area contributed by atoms with Gasteiger partial charge in [-0.05, 0) is 34.2 Å². The summed E-state index contributed by atoms with van der Waals surface area (Å²) in [6.07, 6.45) is -3.01. The lowest BCUT2D eigenvalue weighted by atomic mass is 10.2. The lowest BCUT2D eigenvalue weighted by Gasteiger charge is -2.04. The van der Waals surface area contributed by atoms with Crippen LogP contribution < -0.4 is 0 Å². The van der Waals surface area contributed by atoms with Crippen LogP contribution in [0.1, 0.15) is 22.6 Å². The first-order valence-corrected chi connectivity index (χ1v) is 5.13. The summed E-state index contributed by atoms with van der Waals surface area (Å²) < 4.78 is 24.6. The van der Waals surface area contributed by atoms with Crippen LogP contribution in [0.2, 0.25) is 0 Å². The van der Waals surface area contributed by atoms with Gasteiger partial charge >= 0.3 is 0 Å². The van der Waals surface area contributed by atoms with Crippen molar-refractivity contribution >= 4 is 45.1 Å². The highest BCUT2D eigenvalue weighted by atomic mass is 127. The molecule has 0 aliphatic carbocycles. The van der Waals surface area contributed by atoms with Gasteiger partial charge in [-0.1, -0.05) is 0 Å². The van der Waals surface area contributed by atoms with Crippen molar-refractivity contribution < 1.29 is 18.5 Å². The molecule has 0 radical (unpaired) electrons. The van der Waals surface area contributed by atoms with Gasteiger partial charge in [0.1, 0.15) is 15.0 Å². The van der Waals surface area contributed by atoms with Gasteiger partial charge in [-0.2, -0.15) is 0 Å². The maximum Gasteiger partial charge on any atom is 0.287 e. The van der Waals surface area contributed by atoms with E-state index in [2.05, 4.69) is 4.98 Å². The van der Waals surface area contributed by atoms with Crippen molar-refractivity contribution in [3.05, 3.63) is 31.1 Å². The molecule has 9 heteroatoms. The number of halogens is 4. The van der Waals surface area contributed by atoms with Gasteiger partial charge in [-0.15, -0.1) is 0 Å². The molecule has 0 spiro atoms. The second-order valence-corrected chi connectivity index (χ2v) is 3.98. The van der Waals surface area contributed by atoms with Crippen molar-refractivity contribution in [3.63, 3.8) is 0 Å². The zero-order chi connectivity index (χ0) is 12.5. The highest BCUT2D eigenvalue weighted by Gasteiger charge is 2.25. The van der Waals surface area contributed by atoms with E-state index in [1.54, 1.807) is 0 Å². The lowest BCUT2D eigenvalue weighted by molar-refractivity contribution is -0.386. The first-order chi connectivity index (χ1) is 7.34. The number of carbonyl (C=O) groups excluding carboxylic acids is 1. The van der Waals surface area contributed by atoms with E-state index in [1.165, 1.54) is 22.6 Å². The van der Waals surface area contributed by atoms with Crippen molar-refractivity contribution in [3.8, 4) is 0 Å². The summed E-state index contributed by atoms with van der Waals surface area (Å²) in [5.74, 6) is 0. The second-order valence-electron chi connectivity index (χ2n) is 2.56. The molecule has 86 valence electrons. The molecular formula is C7H2ClF2IN2O3. The quantitative estimate of drug-likeness (QED) is 0.359. The largest absolute Gasteiger partial charge is 0.287 e. The van der Waals surface area contributed by atoms with Gasteiger partial charge < -0.3 is 0 Å². The van der Waals surface area contributed by atoms with Gasteiger partial charge in [0, 0.05) is 6.07 Å². The Kier molecular flexibility index (Phi) is 4.08. The Hall–Kier alpha value is -0.900. The van der Waals surface area contributed by atoms with Crippen molar-refractivity contribution in [2.45, 2.75) is 6.43 Å². The van der Waals surface area contributed by atoms with E-state index in [0.717, 1.165) is 6.07 Å². The highest BCUT2D eigenvalue weighted by molar-refractivity contribution is 14.1. The molecule has 0 saturated carbocycles. The molecule has 16 heavy (non-hydrogen) atoms. The minimum absolute atomic E-state index is 0.306. The minimum atomic E-state index is -3.01. The molecule has 1 aromatic heterocycles. The van der Waals surface area contributed by atoms with Gasteiger partial charge in [0.05, 0.1) is 4.92 Å². The summed E-state index contributed by atoms with van der Waals surface area (Å²) in [5, 5.41) is 9.42. The fraction of sp³-hybridized carbons (Fsp3) is 0.143. The average Bonchev–Trinajstić information content (AvgIpc) is 2.16. The molecule has 1 heterocycles. The number of aromatic nitrogens is 1. The normalized spacial score (nSPS) is 10.6. The highest BCUT2D eigenvalue weighted by Crippen LogP contribution is 2.30. The number of hydrogen-bond donors (Lipinski definition) is 0. The number of nitrogens with zero attached hydrogens (tertiary/aromatic N) is 2. The van der Waals surface area contributed by atoms with Crippen LogP contribution in [-0.4, -0.2) is 15.1 Å². The van der Waals surface area contributed by atoms with E-state index < -0.39 is 33.7 Å². The van der Waals surface area contributed by atoms with E-state index in [1.807, 2.05) is 0 Å². The van der Waals surface area contributed by atoms with Crippen molar-refractivity contribution in [2.24, 2.45) is 0 Å². The molecule has 5 nitrogen and oxygen atoms in total. The first-order valence-electron chi connectivity index (χ1n) is 3.67. The van der Waals surface area contributed by atoms with Crippen molar-refractivity contribution in [1.82, 2.24) is 4.98 Å². The lowest BCUT2D eigenvalue weighted by Crippen LogP contribution is -2.05. The van der Waals surface area contributed by atoms with Crippen LogP contribution >= 0.6 is 34.2 Å². The van der Waals surface area contributed by atoms with Crippen molar-refractivity contribution in [1.29, 1.82) is 0 Å². The first kappa shape index (κ1) is 13.2. The molecule has 0 atom stereocenters. The molecule has 1 aromatic rings. The minimum Gasteiger partial charge on any atom is -0.274 e. The second kappa shape index (κ2) is 4.95. The van der Waals surface area contributed by atoms with Crippen LogP contribution in [0, 0.1) is 13.7 Å². The summed E-state index contributed by atoms with van der Waals surface area (Å²) in [4.78, 5) is 23.7. The Morgan fingerprint density at radius 3 is 2.56 bits per heavy atom. The molecule has 0 aliphatic rings. The van der Waals surface area contributed by atoms with Gasteiger partial charge in [-0.25, -0.2) is 13.8 Å². The number of hydrogen-bond acceptors (Lipinski definition) is 4. The van der Waals surface area contributed by atoms with E-state index in [0.29, 0.717) is 0 Å². The molecular weight excluding hydrogens is 360 g/mol. The Balaban J connectivity index is 3.51. The summed E-state index contributed by atoms with van der Waals surface area (Å²) in [7, 11) is 0. The van der Waals surface area contributed by atoms with Crippen molar-refractivity contribution in [2.75, 3.05) is 0 Å². The van der Waals surface area contributed by atoms with Gasteiger partial charge in [0.15, 0.2) is 0 Å². The predicted molar refractivity (Wildman–Crippen MR) is 58.7 cm³/mol. The third kappa shape index (κ3) is 2.61. The number of nitro groups is 1. The van der Waals surface area contributed by atoms with E-state index in [4.69, 9.17) is 11.6 Å². The predicted octanol–water partition coefficient (Wildman–Crippen LogP) is 2.91. The zero-order valence-electron chi connectivity index (χ0n) is 7.29. The molecule has 0 unspecified atom stereocenters. The molecule has 1 rings (SSSR count). The third-order valence-corrected chi connectivity index (χ3v) is 2.87. The Labute approximate surface area is 106 Å². The Morgan fingerprint density at radius 2 is 2.19 bits per heavy atom. The van der Waals surface area contributed by atoms with E-state index in [-0.39, 0.29) is 3.57 Å².